The number of amides is 1. The summed E-state index contributed by atoms with van der Waals surface area (Å²) in [5, 5.41) is 7.83. The van der Waals surface area contributed by atoms with Gasteiger partial charge in [0.05, 0.1) is 11.9 Å². The summed E-state index contributed by atoms with van der Waals surface area (Å²) in [6.07, 6.45) is 1.48. The van der Waals surface area contributed by atoms with E-state index in [2.05, 4.69) is 19.9 Å². The fourth-order valence-corrected chi connectivity index (χ4v) is 1.37. The minimum absolute atomic E-state index is 0.289. The summed E-state index contributed by atoms with van der Waals surface area (Å²) < 4.78 is 3.59. The van der Waals surface area contributed by atoms with E-state index in [1.807, 2.05) is 0 Å². The molecule has 2 aromatic rings. The Morgan fingerprint density at radius 3 is 2.93 bits per heavy atom. The topological polar surface area (TPSA) is 93.8 Å². The van der Waals surface area contributed by atoms with Crippen LogP contribution in [0.5, 0.6) is 0 Å². The van der Waals surface area contributed by atoms with Gasteiger partial charge in [-0.1, -0.05) is 4.49 Å². The number of nitrogens with two attached hydrogens (primary N) is 1. The number of aromatic nitrogens is 3. The van der Waals surface area contributed by atoms with Gasteiger partial charge in [-0.25, -0.2) is 4.98 Å². The van der Waals surface area contributed by atoms with Gasteiger partial charge in [0.25, 0.3) is 5.91 Å². The summed E-state index contributed by atoms with van der Waals surface area (Å²) in [7, 11) is 0. The molecule has 1 amide bonds. The van der Waals surface area contributed by atoms with Gasteiger partial charge in [-0.05, 0) is 23.7 Å². The normalized spacial score (nSPS) is 9.87. The minimum Gasteiger partial charge on any atom is -0.384 e. The summed E-state index contributed by atoms with van der Waals surface area (Å²) in [5.41, 5.74) is 6.27. The average Bonchev–Trinajstić information content (AvgIpc) is 2.74. The maximum absolute atomic E-state index is 11.5. The highest BCUT2D eigenvalue weighted by molar-refractivity contribution is 7.03. The number of carbonyl (C=O) groups is 1. The molecule has 0 atom stereocenters. The van der Waals surface area contributed by atoms with E-state index in [9.17, 15) is 4.79 Å². The van der Waals surface area contributed by atoms with Crippen molar-refractivity contribution in [3.8, 4) is 0 Å². The Bertz CT molecular complexity index is 452. The fraction of sp³-hybridized carbons (Fsp3) is 0. The number of hydrogen-bond donors (Lipinski definition) is 2. The van der Waals surface area contributed by atoms with E-state index in [1.54, 1.807) is 17.5 Å². The third kappa shape index (κ3) is 2.26. The maximum atomic E-state index is 11.5. The Morgan fingerprint density at radius 2 is 2.33 bits per heavy atom. The van der Waals surface area contributed by atoms with Crippen LogP contribution in [0.15, 0.2) is 23.7 Å². The number of pyridine rings is 1. The van der Waals surface area contributed by atoms with E-state index in [-0.39, 0.29) is 11.6 Å². The van der Waals surface area contributed by atoms with E-state index >= 15 is 0 Å². The van der Waals surface area contributed by atoms with Crippen molar-refractivity contribution in [2.24, 2.45) is 0 Å². The van der Waals surface area contributed by atoms with Crippen LogP contribution >= 0.6 is 11.5 Å². The summed E-state index contributed by atoms with van der Waals surface area (Å²) in [6.45, 7) is 0. The van der Waals surface area contributed by atoms with Crippen LogP contribution in [-0.4, -0.2) is 20.5 Å². The van der Waals surface area contributed by atoms with Crippen molar-refractivity contribution < 1.29 is 4.79 Å². The number of nitrogen functional groups attached to an aromatic ring is 1. The van der Waals surface area contributed by atoms with Crippen molar-refractivity contribution in [1.29, 1.82) is 0 Å². The molecule has 0 unspecified atom stereocenters. The molecule has 0 aliphatic rings. The van der Waals surface area contributed by atoms with E-state index in [0.29, 0.717) is 11.5 Å². The van der Waals surface area contributed by atoms with Crippen molar-refractivity contribution in [2.45, 2.75) is 0 Å². The van der Waals surface area contributed by atoms with E-state index < -0.39 is 0 Å². The highest BCUT2D eigenvalue weighted by Crippen LogP contribution is 2.08. The quantitative estimate of drug-likeness (QED) is 0.781. The molecular formula is C8H7N5OS. The van der Waals surface area contributed by atoms with Crippen LogP contribution < -0.4 is 11.1 Å². The lowest BCUT2D eigenvalue weighted by atomic mass is 10.4. The zero-order valence-corrected chi connectivity index (χ0v) is 8.36. The molecule has 7 heteroatoms. The Morgan fingerprint density at radius 1 is 1.47 bits per heavy atom. The van der Waals surface area contributed by atoms with Crippen LogP contribution in [0.3, 0.4) is 0 Å². The second-order valence-corrected chi connectivity index (χ2v) is 3.33. The van der Waals surface area contributed by atoms with Crippen molar-refractivity contribution >= 4 is 28.9 Å². The van der Waals surface area contributed by atoms with Crippen LogP contribution in [-0.2, 0) is 0 Å². The van der Waals surface area contributed by atoms with Crippen LogP contribution in [0.4, 0.5) is 11.5 Å². The molecule has 6 nitrogen and oxygen atoms in total. The van der Waals surface area contributed by atoms with Gasteiger partial charge in [-0.2, -0.15) is 0 Å². The molecule has 0 spiro atoms. The van der Waals surface area contributed by atoms with Gasteiger partial charge < -0.3 is 11.1 Å². The number of rotatable bonds is 2. The van der Waals surface area contributed by atoms with Gasteiger partial charge in [-0.15, -0.1) is 5.10 Å². The summed E-state index contributed by atoms with van der Waals surface area (Å²) in [6, 6.07) is 3.27. The third-order valence-electron chi connectivity index (χ3n) is 1.64. The number of hydrogen-bond acceptors (Lipinski definition) is 6. The lowest BCUT2D eigenvalue weighted by Gasteiger charge is -2.01. The highest BCUT2D eigenvalue weighted by atomic mass is 32.1. The first-order chi connectivity index (χ1) is 7.25. The molecule has 76 valence electrons. The second-order valence-electron chi connectivity index (χ2n) is 2.72. The molecule has 2 heterocycles. The maximum Gasteiger partial charge on any atom is 0.277 e. The molecule has 3 N–H and O–H groups in total. The average molecular weight is 221 g/mol. The van der Waals surface area contributed by atoms with Crippen LogP contribution in [0, 0.1) is 0 Å². The number of nitrogens with zero attached hydrogens (tertiary/aromatic N) is 3. The summed E-state index contributed by atoms with van der Waals surface area (Å²) >= 11 is 1.12. The molecule has 0 saturated carbocycles. The Labute approximate surface area is 89.3 Å². The summed E-state index contributed by atoms with van der Waals surface area (Å²) in [5.74, 6) is 0.0960. The lowest BCUT2D eigenvalue weighted by molar-refractivity contribution is 0.102. The predicted molar refractivity (Wildman–Crippen MR) is 56.5 cm³/mol. The SMILES string of the molecule is Nc1ccc(NC(=O)c2csnn2)cn1. The largest absolute Gasteiger partial charge is 0.384 e. The Hall–Kier alpha value is -2.02. The van der Waals surface area contributed by atoms with Gasteiger partial charge in [0, 0.05) is 5.38 Å². The Kier molecular flexibility index (Phi) is 2.55. The molecular weight excluding hydrogens is 214 g/mol. The fourth-order valence-electron chi connectivity index (χ4n) is 0.938. The second kappa shape index (κ2) is 4.01. The zero-order chi connectivity index (χ0) is 10.7. The molecule has 0 aliphatic carbocycles. The number of nitrogens with one attached hydrogen (secondary N) is 1. The Balaban J connectivity index is 2.09. The summed E-state index contributed by atoms with van der Waals surface area (Å²) in [4.78, 5) is 15.3. The molecule has 0 bridgehead atoms. The smallest absolute Gasteiger partial charge is 0.277 e. The van der Waals surface area contributed by atoms with Gasteiger partial charge in [0.15, 0.2) is 5.69 Å². The molecule has 2 aromatic heterocycles. The first-order valence-electron chi connectivity index (χ1n) is 4.05. The standard InChI is InChI=1S/C8H7N5OS/c9-7-2-1-5(3-10-7)11-8(14)6-4-15-13-12-6/h1-4H,(H2,9,10)(H,11,14). The van der Waals surface area contributed by atoms with Crippen molar-refractivity contribution in [3.05, 3.63) is 29.4 Å². The van der Waals surface area contributed by atoms with Gasteiger partial charge in [0.2, 0.25) is 0 Å². The van der Waals surface area contributed by atoms with Crippen LogP contribution in [0.1, 0.15) is 10.5 Å². The van der Waals surface area contributed by atoms with Crippen LogP contribution in [0.25, 0.3) is 0 Å². The zero-order valence-electron chi connectivity index (χ0n) is 7.54. The van der Waals surface area contributed by atoms with E-state index in [0.717, 1.165) is 11.5 Å². The van der Waals surface area contributed by atoms with Crippen LogP contribution in [0.2, 0.25) is 0 Å². The molecule has 0 aliphatic heterocycles. The molecule has 0 saturated heterocycles. The third-order valence-corrected chi connectivity index (χ3v) is 2.14. The molecule has 0 radical (unpaired) electrons. The monoisotopic (exact) mass is 221 g/mol. The van der Waals surface area contributed by atoms with Crippen molar-refractivity contribution in [2.75, 3.05) is 11.1 Å². The van der Waals surface area contributed by atoms with Crippen molar-refractivity contribution in [3.63, 3.8) is 0 Å². The van der Waals surface area contributed by atoms with Gasteiger partial charge in [0.1, 0.15) is 5.82 Å². The lowest BCUT2D eigenvalue weighted by Crippen LogP contribution is -2.12. The first-order valence-corrected chi connectivity index (χ1v) is 4.89. The highest BCUT2D eigenvalue weighted by Gasteiger charge is 2.08. The molecule has 0 fully saturated rings. The van der Waals surface area contributed by atoms with Crippen molar-refractivity contribution in [1.82, 2.24) is 14.6 Å². The van der Waals surface area contributed by atoms with E-state index in [4.69, 9.17) is 5.73 Å². The van der Waals surface area contributed by atoms with Gasteiger partial charge in [-0.3, -0.25) is 4.79 Å². The molecule has 2 rings (SSSR count). The molecule has 0 aromatic carbocycles. The van der Waals surface area contributed by atoms with Gasteiger partial charge >= 0.3 is 0 Å². The van der Waals surface area contributed by atoms with E-state index in [1.165, 1.54) is 6.20 Å². The number of anilines is 2. The molecule has 15 heavy (non-hydrogen) atoms. The predicted octanol–water partition coefficient (Wildman–Crippen LogP) is 0.768. The first kappa shape index (κ1) is 9.53. The number of carbonyl (C=O) groups excluding carboxylic acids is 1. The minimum atomic E-state index is -0.310.